The van der Waals surface area contributed by atoms with Gasteiger partial charge in [-0.3, -0.25) is 4.79 Å². The highest BCUT2D eigenvalue weighted by Crippen LogP contribution is 2.24. The number of carboxylic acids is 1. The number of hydrogen-bond acceptors (Lipinski definition) is 2. The molecule has 0 amide bonds. The molecule has 0 saturated carbocycles. The summed E-state index contributed by atoms with van der Waals surface area (Å²) < 4.78 is 34.9. The van der Waals surface area contributed by atoms with Gasteiger partial charge in [-0.05, 0) is 0 Å². The fourth-order valence-electron chi connectivity index (χ4n) is 0.681. The molecular weight excluding hydrogens is 205 g/mol. The van der Waals surface area contributed by atoms with Gasteiger partial charge < -0.3 is 5.11 Å². The van der Waals surface area contributed by atoms with Crippen molar-refractivity contribution in [3.05, 3.63) is 0 Å². The van der Waals surface area contributed by atoms with E-state index in [2.05, 4.69) is 0 Å². The van der Waals surface area contributed by atoms with Gasteiger partial charge in [-0.1, -0.05) is 6.92 Å². The van der Waals surface area contributed by atoms with Crippen LogP contribution in [0.25, 0.3) is 0 Å². The van der Waals surface area contributed by atoms with Crippen LogP contribution < -0.4 is 0 Å². The number of rotatable bonds is 5. The zero-order chi connectivity index (χ0) is 10.5. The molecule has 0 heterocycles. The van der Waals surface area contributed by atoms with Crippen molar-refractivity contribution in [1.82, 2.24) is 0 Å². The largest absolute Gasteiger partial charge is 0.481 e. The molecular formula is C7H11F3O2S. The van der Waals surface area contributed by atoms with E-state index in [4.69, 9.17) is 5.11 Å². The Kier molecular flexibility index (Phi) is 5.20. The maximum atomic E-state index is 11.6. The zero-order valence-electron chi connectivity index (χ0n) is 7.10. The average Bonchev–Trinajstić information content (AvgIpc) is 1.81. The number of carbonyl (C=O) groups is 1. The summed E-state index contributed by atoms with van der Waals surface area (Å²) in [6.07, 6.45) is -5.10. The highest BCUT2D eigenvalue weighted by atomic mass is 32.2. The lowest BCUT2D eigenvalue weighted by atomic mass is 10.3. The summed E-state index contributed by atoms with van der Waals surface area (Å²) in [4.78, 5) is 10.1. The van der Waals surface area contributed by atoms with Crippen LogP contribution in [-0.2, 0) is 4.79 Å². The summed E-state index contributed by atoms with van der Waals surface area (Å²) in [5, 5.41) is 8.04. The maximum absolute atomic E-state index is 11.6. The van der Waals surface area contributed by atoms with Gasteiger partial charge in [-0.25, -0.2) is 0 Å². The van der Waals surface area contributed by atoms with Crippen molar-refractivity contribution >= 4 is 17.7 Å². The van der Waals surface area contributed by atoms with Gasteiger partial charge in [-0.2, -0.15) is 24.9 Å². The second-order valence-corrected chi connectivity index (χ2v) is 4.19. The topological polar surface area (TPSA) is 37.3 Å². The molecule has 0 aromatic carbocycles. The summed E-state index contributed by atoms with van der Waals surface area (Å²) in [7, 11) is 0. The molecule has 0 fully saturated rings. The predicted molar refractivity (Wildman–Crippen MR) is 44.8 cm³/mol. The molecule has 0 aliphatic carbocycles. The molecule has 0 saturated heterocycles. The van der Waals surface area contributed by atoms with Crippen LogP contribution in [0, 0.1) is 0 Å². The molecule has 0 aliphatic heterocycles. The molecule has 0 spiro atoms. The van der Waals surface area contributed by atoms with E-state index in [1.54, 1.807) is 6.92 Å². The van der Waals surface area contributed by atoms with E-state index in [0.29, 0.717) is 0 Å². The Morgan fingerprint density at radius 1 is 1.54 bits per heavy atom. The van der Waals surface area contributed by atoms with E-state index >= 15 is 0 Å². The molecule has 0 radical (unpaired) electrons. The lowest BCUT2D eigenvalue weighted by Crippen LogP contribution is -2.11. The first-order chi connectivity index (χ1) is 5.81. The molecule has 0 aliphatic rings. The van der Waals surface area contributed by atoms with E-state index in [0.717, 1.165) is 11.8 Å². The molecule has 1 N–H and O–H groups in total. The van der Waals surface area contributed by atoms with Crippen molar-refractivity contribution in [2.24, 2.45) is 0 Å². The van der Waals surface area contributed by atoms with E-state index in [1.165, 1.54) is 0 Å². The van der Waals surface area contributed by atoms with E-state index < -0.39 is 18.6 Å². The Morgan fingerprint density at radius 2 is 2.08 bits per heavy atom. The number of halogens is 3. The minimum atomic E-state index is -4.14. The maximum Gasteiger partial charge on any atom is 0.389 e. The lowest BCUT2D eigenvalue weighted by Gasteiger charge is -2.09. The fraction of sp³-hybridized carbons (Fsp3) is 0.857. The van der Waals surface area contributed by atoms with Crippen LogP contribution in [0.2, 0.25) is 0 Å². The average molecular weight is 216 g/mol. The number of alkyl halides is 3. The van der Waals surface area contributed by atoms with Crippen molar-refractivity contribution in [3.63, 3.8) is 0 Å². The van der Waals surface area contributed by atoms with E-state index in [1.807, 2.05) is 0 Å². The van der Waals surface area contributed by atoms with Gasteiger partial charge in [-0.15, -0.1) is 0 Å². The van der Waals surface area contributed by atoms with E-state index in [-0.39, 0.29) is 17.4 Å². The van der Waals surface area contributed by atoms with Gasteiger partial charge in [0.15, 0.2) is 0 Å². The van der Waals surface area contributed by atoms with Crippen LogP contribution in [-0.4, -0.2) is 28.3 Å². The van der Waals surface area contributed by atoms with Gasteiger partial charge in [0.1, 0.15) is 0 Å². The Hall–Kier alpha value is -0.390. The molecule has 13 heavy (non-hydrogen) atoms. The summed E-state index contributed by atoms with van der Waals surface area (Å²) in [5.74, 6) is -1.05. The van der Waals surface area contributed by atoms with Gasteiger partial charge in [0.2, 0.25) is 0 Å². The highest BCUT2D eigenvalue weighted by molar-refractivity contribution is 7.99. The summed E-state index contributed by atoms with van der Waals surface area (Å²) in [5.41, 5.74) is 0. The minimum absolute atomic E-state index is 0.0715. The highest BCUT2D eigenvalue weighted by Gasteiger charge is 2.26. The van der Waals surface area contributed by atoms with Crippen molar-refractivity contribution in [3.8, 4) is 0 Å². The van der Waals surface area contributed by atoms with Crippen LogP contribution in [0.1, 0.15) is 19.8 Å². The first-order valence-electron chi connectivity index (χ1n) is 3.71. The van der Waals surface area contributed by atoms with Crippen LogP contribution in [0.4, 0.5) is 13.2 Å². The van der Waals surface area contributed by atoms with E-state index in [9.17, 15) is 18.0 Å². The normalized spacial score (nSPS) is 14.2. The number of aliphatic carboxylic acids is 1. The number of thioether (sulfide) groups is 1. The smallest absolute Gasteiger partial charge is 0.389 e. The predicted octanol–water partition coefficient (Wildman–Crippen LogP) is 2.54. The SMILES string of the molecule is CC(CC(=O)O)SCCC(F)(F)F. The third-order valence-electron chi connectivity index (χ3n) is 1.25. The van der Waals surface area contributed by atoms with Crippen molar-refractivity contribution in [1.29, 1.82) is 0 Å². The minimum Gasteiger partial charge on any atom is -0.481 e. The second kappa shape index (κ2) is 5.36. The summed E-state index contributed by atoms with van der Waals surface area (Å²) in [6.45, 7) is 1.61. The molecule has 2 nitrogen and oxygen atoms in total. The second-order valence-electron chi connectivity index (χ2n) is 2.64. The van der Waals surface area contributed by atoms with Gasteiger partial charge in [0.05, 0.1) is 12.8 Å². The molecule has 0 rings (SSSR count). The molecule has 1 unspecified atom stereocenters. The summed E-state index contributed by atoms with van der Waals surface area (Å²) in [6, 6.07) is 0. The summed E-state index contributed by atoms with van der Waals surface area (Å²) >= 11 is 1.03. The zero-order valence-corrected chi connectivity index (χ0v) is 7.91. The van der Waals surface area contributed by atoms with Crippen molar-refractivity contribution in [2.75, 3.05) is 5.75 Å². The standard InChI is InChI=1S/C7H11F3O2S/c1-5(4-6(11)12)13-3-2-7(8,9)10/h5H,2-4H2,1H3,(H,11,12). The quantitative estimate of drug-likeness (QED) is 0.767. The molecule has 6 heteroatoms. The molecule has 78 valence electrons. The number of hydrogen-bond donors (Lipinski definition) is 1. The molecule has 1 atom stereocenters. The molecule has 0 aromatic heterocycles. The van der Waals surface area contributed by atoms with Crippen LogP contribution in [0.15, 0.2) is 0 Å². The van der Waals surface area contributed by atoms with Crippen LogP contribution in [0.3, 0.4) is 0 Å². The molecule has 0 bridgehead atoms. The Morgan fingerprint density at radius 3 is 2.46 bits per heavy atom. The third-order valence-corrected chi connectivity index (χ3v) is 2.43. The Bertz CT molecular complexity index is 170. The van der Waals surface area contributed by atoms with Gasteiger partial charge >= 0.3 is 12.1 Å². The first-order valence-corrected chi connectivity index (χ1v) is 4.76. The Balaban J connectivity index is 3.48. The van der Waals surface area contributed by atoms with Crippen LogP contribution >= 0.6 is 11.8 Å². The monoisotopic (exact) mass is 216 g/mol. The van der Waals surface area contributed by atoms with Gasteiger partial charge in [0, 0.05) is 11.0 Å². The number of carboxylic acid groups (broad SMARTS) is 1. The van der Waals surface area contributed by atoms with Crippen LogP contribution in [0.5, 0.6) is 0 Å². The van der Waals surface area contributed by atoms with Crippen molar-refractivity contribution < 1.29 is 23.1 Å². The fourth-order valence-corrected chi connectivity index (χ4v) is 1.69. The first kappa shape index (κ1) is 12.6. The lowest BCUT2D eigenvalue weighted by molar-refractivity contribution is -0.136. The third kappa shape index (κ3) is 9.52. The Labute approximate surface area is 78.5 Å². The van der Waals surface area contributed by atoms with Crippen molar-refractivity contribution in [2.45, 2.75) is 31.2 Å². The van der Waals surface area contributed by atoms with Gasteiger partial charge in [0.25, 0.3) is 0 Å². The molecule has 0 aromatic rings.